The van der Waals surface area contributed by atoms with E-state index in [-0.39, 0.29) is 5.78 Å². The Morgan fingerprint density at radius 1 is 1.05 bits per heavy atom. The number of hydrogen-bond acceptors (Lipinski definition) is 2. The standard InChI is InChI=1S/C16H11IOS/c1-10-5-4-7-12(15(10)17)16(18)13-9-19-14-8-3-2-6-11(13)14/h2-9H,1H3. The summed E-state index contributed by atoms with van der Waals surface area (Å²) in [4.78, 5) is 12.7. The van der Waals surface area contributed by atoms with E-state index in [9.17, 15) is 4.79 Å². The molecule has 0 saturated heterocycles. The van der Waals surface area contributed by atoms with Gasteiger partial charge in [0.25, 0.3) is 0 Å². The lowest BCUT2D eigenvalue weighted by Crippen LogP contribution is -2.03. The van der Waals surface area contributed by atoms with Crippen LogP contribution in [0.25, 0.3) is 10.1 Å². The maximum absolute atomic E-state index is 12.7. The molecule has 94 valence electrons. The molecule has 0 N–H and O–H groups in total. The molecule has 0 radical (unpaired) electrons. The maximum atomic E-state index is 12.7. The van der Waals surface area contributed by atoms with Gasteiger partial charge in [0.05, 0.1) is 0 Å². The van der Waals surface area contributed by atoms with Gasteiger partial charge in [-0.25, -0.2) is 0 Å². The molecule has 0 unspecified atom stereocenters. The summed E-state index contributed by atoms with van der Waals surface area (Å²) in [6.45, 7) is 2.03. The Kier molecular flexibility index (Phi) is 3.41. The summed E-state index contributed by atoms with van der Waals surface area (Å²) in [6, 6.07) is 13.9. The molecule has 0 saturated carbocycles. The number of hydrogen-bond donors (Lipinski definition) is 0. The van der Waals surface area contributed by atoms with Gasteiger partial charge in [-0.2, -0.15) is 0 Å². The number of halogens is 1. The van der Waals surface area contributed by atoms with Crippen LogP contribution < -0.4 is 0 Å². The highest BCUT2D eigenvalue weighted by Crippen LogP contribution is 2.29. The largest absolute Gasteiger partial charge is 0.289 e. The van der Waals surface area contributed by atoms with Gasteiger partial charge < -0.3 is 0 Å². The summed E-state index contributed by atoms with van der Waals surface area (Å²) in [5, 5.41) is 3.01. The van der Waals surface area contributed by atoms with Crippen LogP contribution in [-0.2, 0) is 0 Å². The summed E-state index contributed by atoms with van der Waals surface area (Å²) in [5.74, 6) is 0.116. The first kappa shape index (κ1) is 12.8. The van der Waals surface area contributed by atoms with E-state index in [2.05, 4.69) is 28.7 Å². The summed E-state index contributed by atoms with van der Waals surface area (Å²) in [7, 11) is 0. The first-order chi connectivity index (χ1) is 9.18. The van der Waals surface area contributed by atoms with Crippen molar-refractivity contribution in [1.82, 2.24) is 0 Å². The predicted octanol–water partition coefficient (Wildman–Crippen LogP) is 5.05. The molecule has 3 aromatic rings. The fourth-order valence-electron chi connectivity index (χ4n) is 2.12. The molecule has 0 aliphatic heterocycles. The number of aryl methyl sites for hydroxylation is 1. The van der Waals surface area contributed by atoms with Crippen LogP contribution in [0.4, 0.5) is 0 Å². The second-order valence-corrected chi connectivity index (χ2v) is 6.40. The number of ketones is 1. The Balaban J connectivity index is 2.17. The van der Waals surface area contributed by atoms with E-state index in [0.717, 1.165) is 30.3 Å². The Hall–Kier alpha value is -1.20. The smallest absolute Gasteiger partial charge is 0.195 e. The van der Waals surface area contributed by atoms with Crippen LogP contribution >= 0.6 is 33.9 Å². The number of thiophene rings is 1. The van der Waals surface area contributed by atoms with E-state index < -0.39 is 0 Å². The van der Waals surface area contributed by atoms with E-state index in [0.29, 0.717) is 0 Å². The van der Waals surface area contributed by atoms with Gasteiger partial charge in [-0.1, -0.05) is 30.3 Å². The molecule has 0 bridgehead atoms. The topological polar surface area (TPSA) is 17.1 Å². The van der Waals surface area contributed by atoms with Crippen LogP contribution in [0.5, 0.6) is 0 Å². The molecule has 1 nitrogen and oxygen atoms in total. The van der Waals surface area contributed by atoms with Crippen molar-refractivity contribution in [2.24, 2.45) is 0 Å². The third-order valence-corrected chi connectivity index (χ3v) is 5.56. The van der Waals surface area contributed by atoms with E-state index in [1.807, 2.05) is 48.7 Å². The van der Waals surface area contributed by atoms with Gasteiger partial charge in [0.2, 0.25) is 0 Å². The first-order valence-corrected chi connectivity index (χ1v) is 7.90. The SMILES string of the molecule is Cc1cccc(C(=O)c2csc3ccccc23)c1I. The number of fused-ring (bicyclic) bond motifs is 1. The number of carbonyl (C=O) groups is 1. The van der Waals surface area contributed by atoms with Gasteiger partial charge >= 0.3 is 0 Å². The lowest BCUT2D eigenvalue weighted by Gasteiger charge is -2.05. The molecule has 0 fully saturated rings. The highest BCUT2D eigenvalue weighted by molar-refractivity contribution is 14.1. The van der Waals surface area contributed by atoms with Gasteiger partial charge in [0.1, 0.15) is 0 Å². The van der Waals surface area contributed by atoms with Crippen LogP contribution in [0.3, 0.4) is 0 Å². The van der Waals surface area contributed by atoms with E-state index >= 15 is 0 Å². The third-order valence-electron chi connectivity index (χ3n) is 3.16. The Morgan fingerprint density at radius 3 is 2.68 bits per heavy atom. The van der Waals surface area contributed by atoms with E-state index in [1.165, 1.54) is 0 Å². The molecule has 3 heteroatoms. The summed E-state index contributed by atoms with van der Waals surface area (Å²) >= 11 is 3.88. The van der Waals surface area contributed by atoms with Crippen molar-refractivity contribution in [2.45, 2.75) is 6.92 Å². The minimum absolute atomic E-state index is 0.116. The molecule has 1 heterocycles. The lowest BCUT2D eigenvalue weighted by molar-refractivity contribution is 0.103. The monoisotopic (exact) mass is 378 g/mol. The highest BCUT2D eigenvalue weighted by Gasteiger charge is 2.17. The second-order valence-electron chi connectivity index (χ2n) is 4.41. The van der Waals surface area contributed by atoms with Crippen molar-refractivity contribution in [3.8, 4) is 0 Å². The number of carbonyl (C=O) groups excluding carboxylic acids is 1. The average molecular weight is 378 g/mol. The van der Waals surface area contributed by atoms with Crippen LogP contribution in [0.15, 0.2) is 47.8 Å². The normalized spacial score (nSPS) is 10.8. The van der Waals surface area contributed by atoms with E-state index in [4.69, 9.17) is 0 Å². The molecule has 0 atom stereocenters. The third kappa shape index (κ3) is 2.21. The highest BCUT2D eigenvalue weighted by atomic mass is 127. The van der Waals surface area contributed by atoms with Crippen molar-refractivity contribution in [2.75, 3.05) is 0 Å². The zero-order valence-electron chi connectivity index (χ0n) is 10.3. The van der Waals surface area contributed by atoms with Crippen molar-refractivity contribution in [3.63, 3.8) is 0 Å². The molecule has 0 spiro atoms. The van der Waals surface area contributed by atoms with Gasteiger partial charge in [0.15, 0.2) is 5.78 Å². The molecular weight excluding hydrogens is 367 g/mol. The molecule has 2 aromatic carbocycles. The predicted molar refractivity (Wildman–Crippen MR) is 89.2 cm³/mol. The second kappa shape index (κ2) is 5.06. The van der Waals surface area contributed by atoms with Gasteiger partial charge in [-0.15, -0.1) is 11.3 Å². The zero-order valence-corrected chi connectivity index (χ0v) is 13.3. The summed E-state index contributed by atoms with van der Waals surface area (Å²) in [5.41, 5.74) is 2.75. The molecule has 0 aliphatic carbocycles. The minimum Gasteiger partial charge on any atom is -0.289 e. The molecule has 1 aromatic heterocycles. The van der Waals surface area contributed by atoms with Crippen molar-refractivity contribution in [1.29, 1.82) is 0 Å². The Labute approximate surface area is 129 Å². The first-order valence-electron chi connectivity index (χ1n) is 5.94. The van der Waals surface area contributed by atoms with Crippen LogP contribution in [0.1, 0.15) is 21.5 Å². The average Bonchev–Trinajstić information content (AvgIpc) is 2.85. The number of benzene rings is 2. The number of rotatable bonds is 2. The van der Waals surface area contributed by atoms with Gasteiger partial charge in [-0.3, -0.25) is 4.79 Å². The zero-order chi connectivity index (χ0) is 13.4. The van der Waals surface area contributed by atoms with Crippen molar-refractivity contribution in [3.05, 3.63) is 68.1 Å². The summed E-state index contributed by atoms with van der Waals surface area (Å²) < 4.78 is 2.20. The molecule has 0 amide bonds. The van der Waals surface area contributed by atoms with E-state index in [1.54, 1.807) is 11.3 Å². The fourth-order valence-corrected chi connectivity index (χ4v) is 3.67. The van der Waals surface area contributed by atoms with Crippen LogP contribution in [0.2, 0.25) is 0 Å². The minimum atomic E-state index is 0.116. The van der Waals surface area contributed by atoms with Crippen molar-refractivity contribution >= 4 is 49.8 Å². The van der Waals surface area contributed by atoms with Gasteiger partial charge in [0, 0.05) is 30.2 Å². The quantitative estimate of drug-likeness (QED) is 0.451. The molecular formula is C16H11IOS. The Bertz CT molecular complexity index is 773. The summed E-state index contributed by atoms with van der Waals surface area (Å²) in [6.07, 6.45) is 0. The van der Waals surface area contributed by atoms with Gasteiger partial charge in [-0.05, 0) is 47.2 Å². The van der Waals surface area contributed by atoms with Crippen LogP contribution in [-0.4, -0.2) is 5.78 Å². The Morgan fingerprint density at radius 2 is 1.84 bits per heavy atom. The van der Waals surface area contributed by atoms with Crippen molar-refractivity contribution < 1.29 is 4.79 Å². The van der Waals surface area contributed by atoms with Crippen LogP contribution in [0, 0.1) is 10.5 Å². The lowest BCUT2D eigenvalue weighted by atomic mass is 10.0. The molecule has 3 rings (SSSR count). The molecule has 19 heavy (non-hydrogen) atoms. The fraction of sp³-hybridized carbons (Fsp3) is 0.0625. The maximum Gasteiger partial charge on any atom is 0.195 e. The molecule has 0 aliphatic rings.